The van der Waals surface area contributed by atoms with Crippen LogP contribution in [0.5, 0.6) is 0 Å². The summed E-state index contributed by atoms with van der Waals surface area (Å²) in [5, 5.41) is 3.70. The third-order valence-corrected chi connectivity index (χ3v) is 4.87. The molecule has 2 saturated carbocycles. The maximum Gasteiger partial charge on any atom is 0.000801 e. The Hall–Kier alpha value is -0.0400. The Morgan fingerprint density at radius 1 is 1.24 bits per heavy atom. The Morgan fingerprint density at radius 3 is 2.53 bits per heavy atom. The summed E-state index contributed by atoms with van der Waals surface area (Å²) in [4.78, 5) is 0. The van der Waals surface area contributed by atoms with Gasteiger partial charge >= 0.3 is 0 Å². The van der Waals surface area contributed by atoms with E-state index < -0.39 is 0 Å². The van der Waals surface area contributed by atoms with Crippen LogP contribution < -0.4 is 5.32 Å². The van der Waals surface area contributed by atoms with Gasteiger partial charge in [0.1, 0.15) is 0 Å². The van der Waals surface area contributed by atoms with Crippen molar-refractivity contribution in [2.75, 3.05) is 13.1 Å². The molecule has 100 valence electrons. The first-order chi connectivity index (χ1) is 8.15. The van der Waals surface area contributed by atoms with Gasteiger partial charge in [0, 0.05) is 6.54 Å². The number of nitrogens with one attached hydrogen (secondary N) is 1. The Balaban J connectivity index is 1.76. The fourth-order valence-corrected chi connectivity index (χ4v) is 3.86. The lowest BCUT2D eigenvalue weighted by Gasteiger charge is -2.32. The molecule has 1 N–H and O–H groups in total. The van der Waals surface area contributed by atoms with Gasteiger partial charge < -0.3 is 5.32 Å². The summed E-state index contributed by atoms with van der Waals surface area (Å²) in [6.07, 6.45) is 10.2. The van der Waals surface area contributed by atoms with E-state index in [9.17, 15) is 0 Å². The van der Waals surface area contributed by atoms with Crippen molar-refractivity contribution in [1.82, 2.24) is 5.32 Å². The molecular weight excluding hydrogens is 206 g/mol. The molecule has 0 aliphatic heterocycles. The van der Waals surface area contributed by atoms with Gasteiger partial charge in [0.15, 0.2) is 0 Å². The molecule has 2 fully saturated rings. The smallest absolute Gasteiger partial charge is 0.000801 e. The molecule has 0 aromatic rings. The number of hydrogen-bond donors (Lipinski definition) is 1. The van der Waals surface area contributed by atoms with Gasteiger partial charge in [0.2, 0.25) is 0 Å². The summed E-state index contributed by atoms with van der Waals surface area (Å²) in [5.74, 6) is 3.13. The van der Waals surface area contributed by atoms with Gasteiger partial charge in [-0.15, -0.1) is 0 Å². The first kappa shape index (κ1) is 13.4. The number of fused-ring (bicyclic) bond motifs is 1. The molecule has 17 heavy (non-hydrogen) atoms. The molecule has 2 atom stereocenters. The predicted molar refractivity (Wildman–Crippen MR) is 75.1 cm³/mol. The van der Waals surface area contributed by atoms with Crippen LogP contribution in [0.3, 0.4) is 0 Å². The van der Waals surface area contributed by atoms with Crippen LogP contribution >= 0.6 is 0 Å². The molecule has 2 aliphatic rings. The summed E-state index contributed by atoms with van der Waals surface area (Å²) < 4.78 is 0. The molecule has 0 spiro atoms. The minimum absolute atomic E-state index is 0.692. The molecule has 0 amide bonds. The average Bonchev–Trinajstić information content (AvgIpc) is 2.87. The van der Waals surface area contributed by atoms with Crippen LogP contribution in [0.25, 0.3) is 0 Å². The lowest BCUT2D eigenvalue weighted by molar-refractivity contribution is 0.219. The van der Waals surface area contributed by atoms with Crippen molar-refractivity contribution in [3.8, 4) is 0 Å². The Morgan fingerprint density at radius 2 is 1.94 bits per heavy atom. The van der Waals surface area contributed by atoms with E-state index in [1.807, 2.05) is 0 Å². The quantitative estimate of drug-likeness (QED) is 0.623. The van der Waals surface area contributed by atoms with Gasteiger partial charge in [-0.25, -0.2) is 0 Å². The fourth-order valence-electron chi connectivity index (χ4n) is 3.86. The maximum absolute atomic E-state index is 3.70. The van der Waals surface area contributed by atoms with Crippen LogP contribution in [-0.4, -0.2) is 13.1 Å². The van der Waals surface area contributed by atoms with Crippen molar-refractivity contribution in [2.24, 2.45) is 23.2 Å². The highest BCUT2D eigenvalue weighted by molar-refractivity contribution is 5.04. The van der Waals surface area contributed by atoms with Crippen LogP contribution in [0.1, 0.15) is 65.7 Å². The number of hydrogen-bond acceptors (Lipinski definition) is 1. The minimum Gasteiger partial charge on any atom is -0.316 e. The highest BCUT2D eigenvalue weighted by atomic mass is 14.9. The van der Waals surface area contributed by atoms with Crippen LogP contribution in [0.15, 0.2) is 0 Å². The topological polar surface area (TPSA) is 12.0 Å². The second-order valence-corrected chi connectivity index (χ2v) is 7.13. The standard InChI is InChI=1S/C16H31N/c1-4-8-17-12-16(7-5-6-13(2)3)10-14-9-15(14)11-16/h13-15,17H,4-12H2,1-3H3. The monoisotopic (exact) mass is 237 g/mol. The lowest BCUT2D eigenvalue weighted by Crippen LogP contribution is -2.33. The second-order valence-electron chi connectivity index (χ2n) is 7.13. The second kappa shape index (κ2) is 5.73. The summed E-state index contributed by atoms with van der Waals surface area (Å²) in [6, 6.07) is 0. The zero-order valence-corrected chi connectivity index (χ0v) is 12.1. The van der Waals surface area contributed by atoms with E-state index in [0.717, 1.165) is 17.8 Å². The summed E-state index contributed by atoms with van der Waals surface area (Å²) >= 11 is 0. The van der Waals surface area contributed by atoms with Gasteiger partial charge in [-0.3, -0.25) is 0 Å². The van der Waals surface area contributed by atoms with Crippen LogP contribution in [0.2, 0.25) is 0 Å². The molecule has 1 nitrogen and oxygen atoms in total. The van der Waals surface area contributed by atoms with Crippen LogP contribution in [0.4, 0.5) is 0 Å². The maximum atomic E-state index is 3.70. The molecule has 0 heterocycles. The van der Waals surface area contributed by atoms with E-state index in [2.05, 4.69) is 26.1 Å². The van der Waals surface area contributed by atoms with Crippen molar-refractivity contribution in [3.05, 3.63) is 0 Å². The molecule has 2 aliphatic carbocycles. The number of rotatable bonds is 8. The molecule has 0 saturated heterocycles. The van der Waals surface area contributed by atoms with Crippen LogP contribution in [0, 0.1) is 23.2 Å². The molecule has 0 aromatic heterocycles. The summed E-state index contributed by atoms with van der Waals surface area (Å²) in [7, 11) is 0. The van der Waals surface area contributed by atoms with E-state index in [1.54, 1.807) is 6.42 Å². The van der Waals surface area contributed by atoms with Crippen molar-refractivity contribution in [1.29, 1.82) is 0 Å². The van der Waals surface area contributed by atoms with Crippen LogP contribution in [-0.2, 0) is 0 Å². The Bertz CT molecular complexity index is 224. The van der Waals surface area contributed by atoms with Gasteiger partial charge in [-0.2, -0.15) is 0 Å². The highest BCUT2D eigenvalue weighted by Gasteiger charge is 2.52. The van der Waals surface area contributed by atoms with E-state index in [0.29, 0.717) is 5.41 Å². The van der Waals surface area contributed by atoms with Crippen molar-refractivity contribution in [2.45, 2.75) is 65.7 Å². The molecule has 0 bridgehead atoms. The van der Waals surface area contributed by atoms with Gasteiger partial charge in [0.05, 0.1) is 0 Å². The first-order valence-electron chi connectivity index (χ1n) is 7.86. The van der Waals surface area contributed by atoms with Gasteiger partial charge in [0.25, 0.3) is 0 Å². The minimum atomic E-state index is 0.692. The van der Waals surface area contributed by atoms with Gasteiger partial charge in [-0.1, -0.05) is 33.6 Å². The molecule has 1 heteroatoms. The zero-order chi connectivity index (χ0) is 12.3. The average molecular weight is 237 g/mol. The normalized spacial score (nSPS) is 35.3. The lowest BCUT2D eigenvalue weighted by atomic mass is 9.77. The molecule has 0 radical (unpaired) electrons. The molecular formula is C16H31N. The first-order valence-corrected chi connectivity index (χ1v) is 7.86. The molecule has 0 aromatic carbocycles. The summed E-state index contributed by atoms with van der Waals surface area (Å²) in [6.45, 7) is 9.49. The molecule has 2 unspecified atom stereocenters. The van der Waals surface area contributed by atoms with E-state index >= 15 is 0 Å². The fraction of sp³-hybridized carbons (Fsp3) is 1.00. The van der Waals surface area contributed by atoms with E-state index in [4.69, 9.17) is 0 Å². The van der Waals surface area contributed by atoms with E-state index in [-0.39, 0.29) is 0 Å². The summed E-state index contributed by atoms with van der Waals surface area (Å²) in [5.41, 5.74) is 0.692. The third-order valence-electron chi connectivity index (χ3n) is 4.87. The zero-order valence-electron chi connectivity index (χ0n) is 12.1. The van der Waals surface area contributed by atoms with Crippen molar-refractivity contribution < 1.29 is 0 Å². The Kier molecular flexibility index (Phi) is 4.52. The largest absolute Gasteiger partial charge is 0.316 e. The van der Waals surface area contributed by atoms with Gasteiger partial charge in [-0.05, 0) is 61.8 Å². The predicted octanol–water partition coefficient (Wildman–Crippen LogP) is 4.23. The van der Waals surface area contributed by atoms with Crippen molar-refractivity contribution in [3.63, 3.8) is 0 Å². The molecule has 2 rings (SSSR count). The van der Waals surface area contributed by atoms with Crippen molar-refractivity contribution >= 4 is 0 Å². The Labute approximate surface area is 108 Å². The highest BCUT2D eigenvalue weighted by Crippen LogP contribution is 2.61. The SMILES string of the molecule is CCCNCC1(CCCC(C)C)CC2CC2C1. The third kappa shape index (κ3) is 3.71. The van der Waals surface area contributed by atoms with E-state index in [1.165, 1.54) is 51.6 Å².